The molecule has 2 aromatic rings. The summed E-state index contributed by atoms with van der Waals surface area (Å²) in [5.41, 5.74) is 0.737. The monoisotopic (exact) mass is 368 g/mol. The van der Waals surface area contributed by atoms with E-state index < -0.39 is 0 Å². The van der Waals surface area contributed by atoms with Gasteiger partial charge in [-0.25, -0.2) is 14.0 Å². The van der Waals surface area contributed by atoms with Gasteiger partial charge in [0.15, 0.2) is 0 Å². The lowest BCUT2D eigenvalue weighted by Crippen LogP contribution is -2.39. The van der Waals surface area contributed by atoms with Gasteiger partial charge in [-0.15, -0.1) is 0 Å². The molecule has 2 aliphatic rings. The van der Waals surface area contributed by atoms with Crippen LogP contribution in [-0.4, -0.2) is 38.2 Å². The molecule has 2 heterocycles. The van der Waals surface area contributed by atoms with Gasteiger partial charge in [0.2, 0.25) is 5.91 Å². The first-order valence-corrected chi connectivity index (χ1v) is 10.1. The predicted octanol–water partition coefficient (Wildman–Crippen LogP) is 2.86. The number of aryl methyl sites for hydroxylation is 1. The number of para-hydroxylation sites is 1. The Labute approximate surface area is 159 Å². The fourth-order valence-electron chi connectivity index (χ4n) is 4.55. The number of hydrogen-bond donors (Lipinski definition) is 0. The Bertz CT molecular complexity index is 841. The van der Waals surface area contributed by atoms with Gasteiger partial charge in [-0.3, -0.25) is 4.79 Å². The summed E-state index contributed by atoms with van der Waals surface area (Å²) in [5.74, 6) is 1.92. The summed E-state index contributed by atoms with van der Waals surface area (Å²) in [5, 5.41) is 4.53. The van der Waals surface area contributed by atoms with Crippen molar-refractivity contribution in [3.63, 3.8) is 0 Å². The lowest BCUT2D eigenvalue weighted by Gasteiger charge is -2.32. The topological polar surface area (TPSA) is 60.1 Å². The number of carbonyl (C=O) groups excluding carboxylic acids is 1. The van der Waals surface area contributed by atoms with Crippen LogP contribution in [0.2, 0.25) is 0 Å². The van der Waals surface area contributed by atoms with Gasteiger partial charge in [0.05, 0.1) is 5.69 Å². The highest BCUT2D eigenvalue weighted by atomic mass is 16.2. The number of hydrogen-bond acceptors (Lipinski definition) is 3. The van der Waals surface area contributed by atoms with Gasteiger partial charge in [0, 0.05) is 32.5 Å². The van der Waals surface area contributed by atoms with Crippen LogP contribution in [0.3, 0.4) is 0 Å². The molecule has 0 spiro atoms. The molecule has 27 heavy (non-hydrogen) atoms. The Morgan fingerprint density at radius 3 is 2.41 bits per heavy atom. The molecule has 1 saturated carbocycles. The van der Waals surface area contributed by atoms with Gasteiger partial charge in [-0.05, 0) is 43.7 Å². The fourth-order valence-corrected chi connectivity index (χ4v) is 4.55. The molecule has 4 rings (SSSR count). The van der Waals surface area contributed by atoms with Gasteiger partial charge in [0.1, 0.15) is 5.82 Å². The summed E-state index contributed by atoms with van der Waals surface area (Å²) in [7, 11) is 1.70. The maximum Gasteiger partial charge on any atom is 0.350 e. The van der Waals surface area contributed by atoms with E-state index in [1.54, 1.807) is 11.6 Å². The molecular weight excluding hydrogens is 340 g/mol. The van der Waals surface area contributed by atoms with Crippen molar-refractivity contribution in [1.82, 2.24) is 19.2 Å². The van der Waals surface area contributed by atoms with Crippen molar-refractivity contribution in [2.45, 2.75) is 50.9 Å². The SMILES string of the molecule is Cn1nc(C2CCN(C(=O)CC3CCCC3)CC2)n(-c2ccccc2)c1=O. The highest BCUT2D eigenvalue weighted by Gasteiger charge is 2.30. The molecule has 2 fully saturated rings. The van der Waals surface area contributed by atoms with Crippen LogP contribution in [0, 0.1) is 5.92 Å². The maximum atomic E-state index is 12.6. The summed E-state index contributed by atoms with van der Waals surface area (Å²) in [6, 6.07) is 9.68. The van der Waals surface area contributed by atoms with E-state index in [9.17, 15) is 9.59 Å². The average molecular weight is 368 g/mol. The number of likely N-dealkylation sites (tertiary alicyclic amines) is 1. The number of rotatable bonds is 4. The summed E-state index contributed by atoms with van der Waals surface area (Å²) in [4.78, 5) is 27.2. The number of benzene rings is 1. The molecule has 6 nitrogen and oxygen atoms in total. The number of piperidine rings is 1. The molecule has 1 aliphatic carbocycles. The molecular formula is C21H28N4O2. The van der Waals surface area contributed by atoms with Crippen LogP contribution in [0.25, 0.3) is 5.69 Å². The smallest absolute Gasteiger partial charge is 0.343 e. The quantitative estimate of drug-likeness (QED) is 0.834. The second kappa shape index (κ2) is 7.71. The minimum atomic E-state index is -0.115. The molecule has 1 aromatic heterocycles. The average Bonchev–Trinajstić information content (AvgIpc) is 3.31. The van der Waals surface area contributed by atoms with Crippen molar-refractivity contribution < 1.29 is 4.79 Å². The largest absolute Gasteiger partial charge is 0.350 e. The van der Waals surface area contributed by atoms with Crippen LogP contribution in [0.5, 0.6) is 0 Å². The van der Waals surface area contributed by atoms with Crippen molar-refractivity contribution in [3.05, 3.63) is 46.6 Å². The van der Waals surface area contributed by atoms with E-state index >= 15 is 0 Å². The third-order valence-corrected chi connectivity index (χ3v) is 6.11. The highest BCUT2D eigenvalue weighted by molar-refractivity contribution is 5.76. The molecule has 6 heteroatoms. The van der Waals surface area contributed by atoms with E-state index in [0.29, 0.717) is 18.2 Å². The Balaban J connectivity index is 1.46. The molecule has 144 valence electrons. The van der Waals surface area contributed by atoms with Crippen molar-refractivity contribution in [1.29, 1.82) is 0 Å². The Kier molecular flexibility index (Phi) is 5.14. The molecule has 0 N–H and O–H groups in total. The Morgan fingerprint density at radius 1 is 1.07 bits per heavy atom. The normalized spacial score (nSPS) is 18.9. The van der Waals surface area contributed by atoms with Crippen LogP contribution >= 0.6 is 0 Å². The Morgan fingerprint density at radius 2 is 1.74 bits per heavy atom. The molecule has 0 bridgehead atoms. The van der Waals surface area contributed by atoms with Gasteiger partial charge in [0.25, 0.3) is 0 Å². The number of amides is 1. The lowest BCUT2D eigenvalue weighted by atomic mass is 9.94. The predicted molar refractivity (Wildman–Crippen MR) is 104 cm³/mol. The van der Waals surface area contributed by atoms with Crippen molar-refractivity contribution >= 4 is 5.91 Å². The van der Waals surface area contributed by atoms with Crippen LogP contribution in [-0.2, 0) is 11.8 Å². The van der Waals surface area contributed by atoms with E-state index in [4.69, 9.17) is 0 Å². The lowest BCUT2D eigenvalue weighted by molar-refractivity contribution is -0.133. The van der Waals surface area contributed by atoms with Crippen molar-refractivity contribution in [2.75, 3.05) is 13.1 Å². The summed E-state index contributed by atoms with van der Waals surface area (Å²) in [6.07, 6.45) is 7.40. The van der Waals surface area contributed by atoms with E-state index in [1.165, 1.54) is 30.4 Å². The van der Waals surface area contributed by atoms with Crippen molar-refractivity contribution in [2.24, 2.45) is 13.0 Å². The van der Waals surface area contributed by atoms with Crippen LogP contribution in [0.15, 0.2) is 35.1 Å². The minimum Gasteiger partial charge on any atom is -0.343 e. The second-order valence-electron chi connectivity index (χ2n) is 7.95. The molecule has 0 unspecified atom stereocenters. The summed E-state index contributed by atoms with van der Waals surface area (Å²) in [6.45, 7) is 1.52. The standard InChI is InChI=1S/C21H28N4O2/c1-23-21(27)25(18-9-3-2-4-10-18)20(22-23)17-11-13-24(14-12-17)19(26)15-16-7-5-6-8-16/h2-4,9-10,16-17H,5-8,11-15H2,1H3. The third kappa shape index (κ3) is 3.70. The number of carbonyl (C=O) groups is 1. The first kappa shape index (κ1) is 18.0. The van der Waals surface area contributed by atoms with Crippen LogP contribution in [0.4, 0.5) is 0 Å². The first-order valence-electron chi connectivity index (χ1n) is 10.1. The van der Waals surface area contributed by atoms with Gasteiger partial charge >= 0.3 is 5.69 Å². The van der Waals surface area contributed by atoms with Gasteiger partial charge in [-0.2, -0.15) is 5.10 Å². The van der Waals surface area contributed by atoms with Crippen LogP contribution in [0.1, 0.15) is 56.7 Å². The first-order chi connectivity index (χ1) is 13.1. The Hall–Kier alpha value is -2.37. The molecule has 1 aromatic carbocycles. The van der Waals surface area contributed by atoms with E-state index in [2.05, 4.69) is 5.10 Å². The van der Waals surface area contributed by atoms with E-state index in [-0.39, 0.29) is 11.6 Å². The van der Waals surface area contributed by atoms with Gasteiger partial charge in [-0.1, -0.05) is 31.0 Å². The molecule has 1 aliphatic heterocycles. The third-order valence-electron chi connectivity index (χ3n) is 6.11. The highest BCUT2D eigenvalue weighted by Crippen LogP contribution is 2.31. The number of aromatic nitrogens is 3. The fraction of sp³-hybridized carbons (Fsp3) is 0.571. The zero-order chi connectivity index (χ0) is 18.8. The molecule has 1 saturated heterocycles. The summed E-state index contributed by atoms with van der Waals surface area (Å²) < 4.78 is 3.14. The maximum absolute atomic E-state index is 12.6. The zero-order valence-electron chi connectivity index (χ0n) is 16.0. The van der Waals surface area contributed by atoms with Crippen molar-refractivity contribution in [3.8, 4) is 5.69 Å². The molecule has 0 atom stereocenters. The zero-order valence-corrected chi connectivity index (χ0v) is 16.0. The van der Waals surface area contributed by atoms with E-state index in [0.717, 1.165) is 37.4 Å². The molecule has 0 radical (unpaired) electrons. The second-order valence-corrected chi connectivity index (χ2v) is 7.95. The minimum absolute atomic E-state index is 0.115. The van der Waals surface area contributed by atoms with E-state index in [1.807, 2.05) is 35.2 Å². The number of nitrogens with zero attached hydrogens (tertiary/aromatic N) is 4. The van der Waals surface area contributed by atoms with Gasteiger partial charge < -0.3 is 4.90 Å². The molecule has 1 amide bonds. The summed E-state index contributed by atoms with van der Waals surface area (Å²) >= 11 is 0. The van der Waals surface area contributed by atoms with Crippen LogP contribution < -0.4 is 5.69 Å².